The Labute approximate surface area is 212 Å². The van der Waals surface area contributed by atoms with Gasteiger partial charge < -0.3 is 15.0 Å². The first kappa shape index (κ1) is 26.5. The number of nitrogens with one attached hydrogen (secondary N) is 1. The largest absolute Gasteiger partial charge is 0.477 e. The van der Waals surface area contributed by atoms with Crippen molar-refractivity contribution in [1.29, 1.82) is 0 Å². The number of fused-ring (bicyclic) bond motifs is 2. The van der Waals surface area contributed by atoms with Crippen LogP contribution in [0.4, 0.5) is 19.0 Å². The number of sulfone groups is 1. The molecule has 196 valence electrons. The van der Waals surface area contributed by atoms with Gasteiger partial charge in [0.15, 0.2) is 15.4 Å². The first-order valence-corrected chi connectivity index (χ1v) is 13.7. The number of alkyl halides is 3. The van der Waals surface area contributed by atoms with E-state index in [4.69, 9.17) is 16.3 Å². The predicted octanol–water partition coefficient (Wildman–Crippen LogP) is 4.63. The smallest absolute Gasteiger partial charge is 0.420 e. The van der Waals surface area contributed by atoms with Crippen molar-refractivity contribution in [2.45, 2.75) is 74.3 Å². The van der Waals surface area contributed by atoms with Crippen LogP contribution in [-0.4, -0.2) is 49.3 Å². The summed E-state index contributed by atoms with van der Waals surface area (Å²) in [7, 11) is -3.34. The molecule has 2 aliphatic rings. The molecular formula is C24H27ClF3N3O4S. The highest BCUT2D eigenvalue weighted by Gasteiger charge is 2.44. The first-order valence-electron chi connectivity index (χ1n) is 11.5. The van der Waals surface area contributed by atoms with Gasteiger partial charge in [-0.3, -0.25) is 4.79 Å². The number of carbonyl (C=O) groups is 1. The van der Waals surface area contributed by atoms with Crippen LogP contribution in [0.15, 0.2) is 41.4 Å². The number of nitrogens with zero attached hydrogens (tertiary/aromatic N) is 2. The summed E-state index contributed by atoms with van der Waals surface area (Å²) in [5.74, 6) is -0.296. The molecule has 1 aromatic carbocycles. The fourth-order valence-electron chi connectivity index (χ4n) is 4.91. The number of ether oxygens (including phenoxy) is 1. The third-order valence-corrected chi connectivity index (χ3v) is 7.97. The minimum atomic E-state index is -4.69. The van der Waals surface area contributed by atoms with Crippen LogP contribution in [0.5, 0.6) is 5.75 Å². The van der Waals surface area contributed by atoms with Crippen molar-refractivity contribution in [1.82, 2.24) is 10.3 Å². The van der Waals surface area contributed by atoms with E-state index in [1.54, 1.807) is 6.07 Å². The number of hydrogen-bond acceptors (Lipinski definition) is 6. The number of pyridine rings is 1. The standard InChI is InChI=1S/C24H27ClF3N3O4S/c1-23(2,35-20-8-4-14(25)10-19(20)24(26,27)28)22(32)30-15-11-16-5-6-17(12-15)31(16)21-9-7-18(13-29-21)36(3,33)34/h4,7-10,13,15-17H,5-6,11-12H2,1-3H3,(H,30,32)/t15?,16-,17+. The van der Waals surface area contributed by atoms with E-state index in [1.807, 2.05) is 0 Å². The molecule has 12 heteroatoms. The van der Waals surface area contributed by atoms with Crippen molar-refractivity contribution in [3.05, 3.63) is 47.1 Å². The van der Waals surface area contributed by atoms with Gasteiger partial charge in [0.05, 0.1) is 10.5 Å². The minimum Gasteiger partial charge on any atom is -0.477 e. The van der Waals surface area contributed by atoms with E-state index in [1.165, 1.54) is 32.2 Å². The van der Waals surface area contributed by atoms with Gasteiger partial charge in [-0.1, -0.05) is 11.6 Å². The van der Waals surface area contributed by atoms with Gasteiger partial charge in [0.1, 0.15) is 11.6 Å². The number of carbonyl (C=O) groups excluding carboxylic acids is 1. The summed E-state index contributed by atoms with van der Waals surface area (Å²) in [4.78, 5) is 19.7. The molecule has 2 bridgehead atoms. The van der Waals surface area contributed by atoms with Gasteiger partial charge in [-0.15, -0.1) is 0 Å². The monoisotopic (exact) mass is 545 g/mol. The molecule has 1 amide bonds. The number of anilines is 1. The molecule has 0 aliphatic carbocycles. The molecule has 1 unspecified atom stereocenters. The van der Waals surface area contributed by atoms with Crippen LogP contribution in [0.25, 0.3) is 0 Å². The van der Waals surface area contributed by atoms with Gasteiger partial charge in [-0.2, -0.15) is 13.2 Å². The molecule has 7 nitrogen and oxygen atoms in total. The van der Waals surface area contributed by atoms with Crippen molar-refractivity contribution in [2.75, 3.05) is 11.2 Å². The van der Waals surface area contributed by atoms with Crippen molar-refractivity contribution in [3.8, 4) is 5.75 Å². The molecule has 4 rings (SSSR count). The molecule has 2 aliphatic heterocycles. The molecule has 2 fully saturated rings. The van der Waals surface area contributed by atoms with Crippen molar-refractivity contribution in [3.63, 3.8) is 0 Å². The van der Waals surface area contributed by atoms with Gasteiger partial charge in [-0.25, -0.2) is 13.4 Å². The number of piperidine rings is 1. The number of hydrogen-bond donors (Lipinski definition) is 1. The Morgan fingerprint density at radius 1 is 1.14 bits per heavy atom. The molecule has 1 N–H and O–H groups in total. The third kappa shape index (κ3) is 5.56. The Kier molecular flexibility index (Phi) is 6.93. The van der Waals surface area contributed by atoms with Crippen LogP contribution in [0.2, 0.25) is 5.02 Å². The molecule has 36 heavy (non-hydrogen) atoms. The summed E-state index contributed by atoms with van der Waals surface area (Å²) in [6.07, 6.45) is 0.837. The summed E-state index contributed by atoms with van der Waals surface area (Å²) in [6.45, 7) is 2.85. The lowest BCUT2D eigenvalue weighted by Crippen LogP contribution is -2.55. The van der Waals surface area contributed by atoms with Crippen molar-refractivity contribution in [2.24, 2.45) is 0 Å². The Hall–Kier alpha value is -2.53. The SMILES string of the molecule is CC(C)(Oc1ccc(Cl)cc1C(F)(F)F)C(=O)NC1C[C@H]2CC[C@@H](C1)N2c1ccc(S(C)(=O)=O)cn1. The zero-order valence-electron chi connectivity index (χ0n) is 20.0. The van der Waals surface area contributed by atoms with Crippen LogP contribution in [0, 0.1) is 0 Å². The fourth-order valence-corrected chi connectivity index (χ4v) is 5.64. The number of benzene rings is 1. The summed E-state index contributed by atoms with van der Waals surface area (Å²) >= 11 is 5.73. The number of rotatable bonds is 6. The van der Waals surface area contributed by atoms with Crippen molar-refractivity contribution >= 4 is 33.2 Å². The fraction of sp³-hybridized carbons (Fsp3) is 0.500. The summed E-state index contributed by atoms with van der Waals surface area (Å²) < 4.78 is 69.3. The molecule has 3 heterocycles. The Morgan fingerprint density at radius 2 is 1.78 bits per heavy atom. The number of aromatic nitrogens is 1. The molecule has 0 saturated carbocycles. The van der Waals surface area contributed by atoms with Crippen LogP contribution in [-0.2, 0) is 20.8 Å². The third-order valence-electron chi connectivity index (χ3n) is 6.64. The van der Waals surface area contributed by atoms with Gasteiger partial charge in [0.25, 0.3) is 5.91 Å². The molecule has 3 atom stereocenters. The highest BCUT2D eigenvalue weighted by atomic mass is 35.5. The van der Waals surface area contributed by atoms with E-state index in [2.05, 4.69) is 15.2 Å². The van der Waals surface area contributed by atoms with Crippen LogP contribution in [0.1, 0.15) is 45.1 Å². The van der Waals surface area contributed by atoms with Crippen molar-refractivity contribution < 1.29 is 31.1 Å². The lowest BCUT2D eigenvalue weighted by Gasteiger charge is -2.41. The average molecular weight is 546 g/mol. The number of amides is 1. The average Bonchev–Trinajstić information content (AvgIpc) is 3.04. The zero-order valence-corrected chi connectivity index (χ0v) is 21.5. The Balaban J connectivity index is 1.43. The molecule has 2 saturated heterocycles. The summed E-state index contributed by atoms with van der Waals surface area (Å²) in [5.41, 5.74) is -2.61. The van der Waals surface area contributed by atoms with Gasteiger partial charge in [0, 0.05) is 35.6 Å². The topological polar surface area (TPSA) is 88.6 Å². The maximum atomic E-state index is 13.4. The van der Waals surface area contributed by atoms with E-state index in [9.17, 15) is 26.4 Å². The molecular weight excluding hydrogens is 519 g/mol. The van der Waals surface area contributed by atoms with E-state index < -0.39 is 38.8 Å². The second kappa shape index (κ2) is 9.41. The van der Waals surface area contributed by atoms with E-state index >= 15 is 0 Å². The Bertz CT molecular complexity index is 1240. The van der Waals surface area contributed by atoms with Crippen LogP contribution in [0.3, 0.4) is 0 Å². The lowest BCUT2D eigenvalue weighted by atomic mass is 9.96. The normalized spacial score (nSPS) is 22.4. The van der Waals surface area contributed by atoms with E-state index in [0.29, 0.717) is 18.7 Å². The maximum absolute atomic E-state index is 13.4. The second-order valence-corrected chi connectivity index (χ2v) is 12.3. The molecule has 0 radical (unpaired) electrons. The molecule has 0 spiro atoms. The quantitative estimate of drug-likeness (QED) is 0.569. The lowest BCUT2D eigenvalue weighted by molar-refractivity contribution is -0.143. The minimum absolute atomic E-state index is 0.0837. The summed E-state index contributed by atoms with van der Waals surface area (Å²) in [6, 6.07) is 6.42. The highest BCUT2D eigenvalue weighted by Crippen LogP contribution is 2.40. The summed E-state index contributed by atoms with van der Waals surface area (Å²) in [5, 5.41) is 2.87. The zero-order chi connectivity index (χ0) is 26.5. The number of halogens is 4. The van der Waals surface area contributed by atoms with Crippen LogP contribution >= 0.6 is 11.6 Å². The molecule has 1 aromatic heterocycles. The predicted molar refractivity (Wildman–Crippen MR) is 129 cm³/mol. The maximum Gasteiger partial charge on any atom is 0.420 e. The van der Waals surface area contributed by atoms with Crippen LogP contribution < -0.4 is 15.0 Å². The first-order chi connectivity index (χ1) is 16.6. The van der Waals surface area contributed by atoms with Gasteiger partial charge in [0.2, 0.25) is 0 Å². The van der Waals surface area contributed by atoms with E-state index in [0.717, 1.165) is 31.2 Å². The van der Waals surface area contributed by atoms with Gasteiger partial charge in [-0.05, 0) is 69.9 Å². The second-order valence-electron chi connectivity index (χ2n) is 9.81. The highest BCUT2D eigenvalue weighted by molar-refractivity contribution is 7.90. The molecule has 2 aromatic rings. The Morgan fingerprint density at radius 3 is 2.31 bits per heavy atom. The van der Waals surface area contributed by atoms with Gasteiger partial charge >= 0.3 is 6.18 Å². The van der Waals surface area contributed by atoms with E-state index in [-0.39, 0.29) is 28.0 Å².